The second-order valence-corrected chi connectivity index (χ2v) is 8.01. The summed E-state index contributed by atoms with van der Waals surface area (Å²) < 4.78 is 6.11. The van der Waals surface area contributed by atoms with E-state index in [9.17, 15) is 4.79 Å². The Labute approximate surface area is 165 Å². The van der Waals surface area contributed by atoms with Crippen LogP contribution in [0.5, 0.6) is 0 Å². The second-order valence-electron chi connectivity index (χ2n) is 8.01. The summed E-state index contributed by atoms with van der Waals surface area (Å²) in [6, 6.07) is 0.396. The summed E-state index contributed by atoms with van der Waals surface area (Å²) in [5.41, 5.74) is 0.704. The lowest BCUT2D eigenvalue weighted by atomic mass is 9.82. The number of nitrogens with one attached hydrogen (secondary N) is 3. The van der Waals surface area contributed by atoms with Crippen LogP contribution in [-0.4, -0.2) is 50.9 Å². The summed E-state index contributed by atoms with van der Waals surface area (Å²) in [6.07, 6.45) is 11.5. The highest BCUT2D eigenvalue weighted by Crippen LogP contribution is 2.31. The first-order chi connectivity index (χ1) is 13.7. The molecule has 0 aromatic carbocycles. The first kappa shape index (κ1) is 19.1. The van der Waals surface area contributed by atoms with E-state index in [-0.39, 0.29) is 24.0 Å². The van der Waals surface area contributed by atoms with Crippen LogP contribution in [0.4, 0.5) is 5.82 Å². The number of hydrogen-bond donors (Lipinski definition) is 3. The van der Waals surface area contributed by atoms with Gasteiger partial charge in [-0.3, -0.25) is 9.89 Å². The van der Waals surface area contributed by atoms with Crippen LogP contribution in [0.25, 0.3) is 11.0 Å². The molecule has 0 spiro atoms. The van der Waals surface area contributed by atoms with Crippen molar-refractivity contribution in [3.8, 4) is 0 Å². The van der Waals surface area contributed by atoms with Crippen LogP contribution >= 0.6 is 0 Å². The van der Waals surface area contributed by atoms with Gasteiger partial charge in [-0.15, -0.1) is 0 Å². The molecule has 8 nitrogen and oxygen atoms in total. The summed E-state index contributed by atoms with van der Waals surface area (Å²) in [5, 5.41) is 14.6. The monoisotopic (exact) mass is 386 g/mol. The van der Waals surface area contributed by atoms with Crippen molar-refractivity contribution in [1.29, 1.82) is 0 Å². The average molecular weight is 386 g/mol. The minimum Gasteiger partial charge on any atom is -0.376 e. The molecular weight excluding hydrogens is 356 g/mol. The molecule has 2 aliphatic rings. The quantitative estimate of drug-likeness (QED) is 0.676. The van der Waals surface area contributed by atoms with Crippen molar-refractivity contribution in [1.82, 2.24) is 25.5 Å². The van der Waals surface area contributed by atoms with Gasteiger partial charge in [-0.1, -0.05) is 19.8 Å². The molecule has 0 unspecified atom stereocenters. The summed E-state index contributed by atoms with van der Waals surface area (Å²) in [5.74, 6) is 0.954. The number of amides is 1. The Kier molecular flexibility index (Phi) is 6.04. The molecule has 1 amide bonds. The van der Waals surface area contributed by atoms with Gasteiger partial charge in [0.2, 0.25) is 5.91 Å². The first-order valence-corrected chi connectivity index (χ1v) is 10.6. The van der Waals surface area contributed by atoms with Crippen LogP contribution in [-0.2, 0) is 9.53 Å². The predicted octanol–water partition coefficient (Wildman–Crippen LogP) is 2.79. The zero-order chi connectivity index (χ0) is 19.3. The number of hydrogen-bond acceptors (Lipinski definition) is 6. The number of carbonyl (C=O) groups excluding carboxylic acids is 1. The Morgan fingerprint density at radius 3 is 2.93 bits per heavy atom. The Bertz CT molecular complexity index is 788. The Hall–Kier alpha value is -2.22. The minimum absolute atomic E-state index is 0.0151. The molecule has 3 N–H and O–H groups in total. The fraction of sp³-hybridized carbons (Fsp3) is 0.700. The Balaban J connectivity index is 1.46. The highest BCUT2D eigenvalue weighted by Gasteiger charge is 2.35. The van der Waals surface area contributed by atoms with E-state index in [1.165, 1.54) is 19.2 Å². The molecule has 2 heterocycles. The van der Waals surface area contributed by atoms with Crippen LogP contribution in [0.2, 0.25) is 0 Å². The van der Waals surface area contributed by atoms with Crippen LogP contribution in [0, 0.1) is 5.92 Å². The number of H-pyrrole nitrogens is 1. The van der Waals surface area contributed by atoms with Gasteiger partial charge in [-0.05, 0) is 38.5 Å². The van der Waals surface area contributed by atoms with E-state index in [1.54, 1.807) is 6.20 Å². The van der Waals surface area contributed by atoms with Gasteiger partial charge < -0.3 is 15.4 Å². The molecule has 0 bridgehead atoms. The first-order valence-electron chi connectivity index (χ1n) is 10.6. The van der Waals surface area contributed by atoms with Gasteiger partial charge in [-0.25, -0.2) is 9.97 Å². The molecule has 2 fully saturated rings. The van der Waals surface area contributed by atoms with E-state index >= 15 is 0 Å². The van der Waals surface area contributed by atoms with Crippen LogP contribution < -0.4 is 10.6 Å². The standard InChI is InChI=1S/C20H30N6O2/c1-2-9-28-17-8-7-13(20(27)24-14-5-3-4-6-14)10-16(17)25-18-15-11-23-26-19(15)22-12-21-18/h11-14,16-17H,2-10H2,1H3,(H,24,27)(H2,21,22,23,25,26)/t13-,16+,17+/m0/s1. The van der Waals surface area contributed by atoms with E-state index in [0.717, 1.165) is 56.3 Å². The molecule has 4 rings (SSSR count). The van der Waals surface area contributed by atoms with Crippen molar-refractivity contribution in [3.63, 3.8) is 0 Å². The van der Waals surface area contributed by atoms with Crippen molar-refractivity contribution < 1.29 is 9.53 Å². The summed E-state index contributed by atoms with van der Waals surface area (Å²) in [6.45, 7) is 2.84. The fourth-order valence-corrected chi connectivity index (χ4v) is 4.45. The van der Waals surface area contributed by atoms with Gasteiger partial charge in [-0.2, -0.15) is 5.10 Å². The summed E-state index contributed by atoms with van der Waals surface area (Å²) in [7, 11) is 0. The highest BCUT2D eigenvalue weighted by molar-refractivity contribution is 5.85. The molecule has 0 radical (unpaired) electrons. The molecule has 2 aliphatic carbocycles. The molecule has 8 heteroatoms. The van der Waals surface area contributed by atoms with E-state index in [1.807, 2.05) is 0 Å². The lowest BCUT2D eigenvalue weighted by Gasteiger charge is -2.36. The summed E-state index contributed by atoms with van der Waals surface area (Å²) >= 11 is 0. The van der Waals surface area contributed by atoms with Crippen LogP contribution in [0.3, 0.4) is 0 Å². The van der Waals surface area contributed by atoms with Gasteiger partial charge in [0.1, 0.15) is 12.1 Å². The van der Waals surface area contributed by atoms with Gasteiger partial charge in [0.05, 0.1) is 23.7 Å². The third kappa shape index (κ3) is 4.27. The number of fused-ring (bicyclic) bond motifs is 1. The lowest BCUT2D eigenvalue weighted by molar-refractivity contribution is -0.127. The van der Waals surface area contributed by atoms with Gasteiger partial charge >= 0.3 is 0 Å². The zero-order valence-electron chi connectivity index (χ0n) is 16.5. The van der Waals surface area contributed by atoms with Gasteiger partial charge in [0, 0.05) is 18.6 Å². The SMILES string of the molecule is CCCO[C@@H]1CC[C@H](C(=O)NC2CCCC2)C[C@H]1Nc1ncnc2[nH]ncc12. The van der Waals surface area contributed by atoms with E-state index < -0.39 is 0 Å². The Morgan fingerprint density at radius 2 is 2.11 bits per heavy atom. The van der Waals surface area contributed by atoms with Crippen molar-refractivity contribution >= 4 is 22.8 Å². The number of carbonyl (C=O) groups is 1. The van der Waals surface area contributed by atoms with Gasteiger partial charge in [0.15, 0.2) is 5.65 Å². The average Bonchev–Trinajstić information content (AvgIpc) is 3.39. The number of aromatic amines is 1. The zero-order valence-corrected chi connectivity index (χ0v) is 16.5. The molecule has 0 saturated heterocycles. The van der Waals surface area contributed by atoms with E-state index in [0.29, 0.717) is 11.7 Å². The van der Waals surface area contributed by atoms with Crippen molar-refractivity contribution in [3.05, 3.63) is 12.5 Å². The summed E-state index contributed by atoms with van der Waals surface area (Å²) in [4.78, 5) is 21.4. The highest BCUT2D eigenvalue weighted by atomic mass is 16.5. The molecule has 3 atom stereocenters. The van der Waals surface area contributed by atoms with E-state index in [4.69, 9.17) is 4.74 Å². The molecule has 2 aromatic rings. The van der Waals surface area contributed by atoms with Crippen molar-refractivity contribution in [2.24, 2.45) is 5.92 Å². The minimum atomic E-state index is 0.0151. The van der Waals surface area contributed by atoms with Crippen LogP contribution in [0.15, 0.2) is 12.5 Å². The number of anilines is 1. The molecule has 28 heavy (non-hydrogen) atoms. The largest absolute Gasteiger partial charge is 0.376 e. The van der Waals surface area contributed by atoms with Gasteiger partial charge in [0.25, 0.3) is 0 Å². The van der Waals surface area contributed by atoms with Crippen LogP contribution in [0.1, 0.15) is 58.3 Å². The normalized spacial score (nSPS) is 25.8. The lowest BCUT2D eigenvalue weighted by Crippen LogP contribution is -2.47. The maximum atomic E-state index is 12.8. The van der Waals surface area contributed by atoms with Crippen molar-refractivity contribution in [2.45, 2.75) is 76.5 Å². The third-order valence-electron chi connectivity index (χ3n) is 5.97. The molecule has 152 valence electrons. The topological polar surface area (TPSA) is 105 Å². The predicted molar refractivity (Wildman–Crippen MR) is 107 cm³/mol. The number of ether oxygens (including phenoxy) is 1. The maximum Gasteiger partial charge on any atom is 0.223 e. The Morgan fingerprint density at radius 1 is 1.25 bits per heavy atom. The number of rotatable bonds is 7. The number of aromatic nitrogens is 4. The molecule has 2 saturated carbocycles. The number of nitrogens with zero attached hydrogens (tertiary/aromatic N) is 3. The third-order valence-corrected chi connectivity index (χ3v) is 5.97. The van der Waals surface area contributed by atoms with Crippen molar-refractivity contribution in [2.75, 3.05) is 11.9 Å². The second kappa shape index (κ2) is 8.86. The fourth-order valence-electron chi connectivity index (χ4n) is 4.45. The molecule has 0 aliphatic heterocycles. The maximum absolute atomic E-state index is 12.8. The smallest absolute Gasteiger partial charge is 0.223 e. The van der Waals surface area contributed by atoms with E-state index in [2.05, 4.69) is 37.7 Å². The molecule has 2 aromatic heterocycles. The molecular formula is C20H30N6O2.